The molecule has 2 aromatic rings. The number of carbonyl (C=O) groups excluding carboxylic acids is 1. The summed E-state index contributed by atoms with van der Waals surface area (Å²) in [5, 5.41) is 9.63. The number of benzene rings is 1. The lowest BCUT2D eigenvalue weighted by Gasteiger charge is -2.07. The van der Waals surface area contributed by atoms with E-state index in [0.29, 0.717) is 6.42 Å². The maximum atomic E-state index is 12.1. The molecular formula is C15H17NO3. The van der Waals surface area contributed by atoms with Gasteiger partial charge in [0, 0.05) is 24.4 Å². The summed E-state index contributed by atoms with van der Waals surface area (Å²) in [7, 11) is 0. The zero-order chi connectivity index (χ0) is 14.0. The molecule has 1 aromatic heterocycles. The lowest BCUT2D eigenvalue weighted by Crippen LogP contribution is -2.10. The van der Waals surface area contributed by atoms with Crippen molar-refractivity contribution in [1.82, 2.24) is 4.57 Å². The fourth-order valence-corrected chi connectivity index (χ4v) is 2.40. The molecule has 2 rings (SSSR count). The first-order valence-corrected chi connectivity index (χ1v) is 6.32. The third kappa shape index (κ3) is 2.84. The van der Waals surface area contributed by atoms with Crippen LogP contribution in [0.15, 0.2) is 24.4 Å². The molecule has 0 saturated carbocycles. The molecule has 100 valence electrons. The Bertz CT molecular complexity index is 640. The number of hydrogen-bond donors (Lipinski definition) is 1. The average Bonchev–Trinajstić information content (AvgIpc) is 2.72. The summed E-state index contributed by atoms with van der Waals surface area (Å²) in [6, 6.07) is 6.01. The first-order valence-electron chi connectivity index (χ1n) is 6.32. The Labute approximate surface area is 111 Å². The van der Waals surface area contributed by atoms with E-state index in [0.717, 1.165) is 16.5 Å². The van der Waals surface area contributed by atoms with Gasteiger partial charge in [-0.3, -0.25) is 14.2 Å². The Morgan fingerprint density at radius 3 is 2.63 bits per heavy atom. The van der Waals surface area contributed by atoms with Crippen molar-refractivity contribution in [3.05, 3.63) is 35.5 Å². The molecule has 1 aromatic carbocycles. The van der Waals surface area contributed by atoms with Crippen molar-refractivity contribution in [1.29, 1.82) is 0 Å². The fraction of sp³-hybridized carbons (Fsp3) is 0.333. The van der Waals surface area contributed by atoms with Crippen LogP contribution in [0.4, 0.5) is 0 Å². The number of nitrogens with zero attached hydrogens (tertiary/aromatic N) is 1. The second kappa shape index (κ2) is 5.26. The van der Waals surface area contributed by atoms with Crippen molar-refractivity contribution in [2.45, 2.75) is 33.1 Å². The lowest BCUT2D eigenvalue weighted by molar-refractivity contribution is -0.137. The lowest BCUT2D eigenvalue weighted by atomic mass is 10.1. The Morgan fingerprint density at radius 1 is 1.21 bits per heavy atom. The predicted octanol–water partition coefficient (Wildman–Crippen LogP) is 3.15. The van der Waals surface area contributed by atoms with Crippen LogP contribution in [0, 0.1) is 13.8 Å². The summed E-state index contributed by atoms with van der Waals surface area (Å²) >= 11 is 0. The predicted molar refractivity (Wildman–Crippen MR) is 73.5 cm³/mol. The van der Waals surface area contributed by atoms with Crippen LogP contribution in [-0.4, -0.2) is 21.6 Å². The quantitative estimate of drug-likeness (QED) is 0.917. The van der Waals surface area contributed by atoms with Gasteiger partial charge in [0.15, 0.2) is 0 Å². The molecule has 0 atom stereocenters. The number of carbonyl (C=O) groups is 2. The molecule has 1 N–H and O–H groups in total. The van der Waals surface area contributed by atoms with Gasteiger partial charge in [0.25, 0.3) is 0 Å². The number of rotatable bonds is 4. The maximum Gasteiger partial charge on any atom is 0.303 e. The Morgan fingerprint density at radius 2 is 1.95 bits per heavy atom. The number of fused-ring (bicyclic) bond motifs is 1. The van der Waals surface area contributed by atoms with Crippen LogP contribution in [0.25, 0.3) is 10.9 Å². The molecule has 4 heteroatoms. The Balaban J connectivity index is 2.25. The average molecular weight is 259 g/mol. The van der Waals surface area contributed by atoms with E-state index in [1.165, 1.54) is 5.56 Å². The van der Waals surface area contributed by atoms with Crippen LogP contribution in [-0.2, 0) is 4.79 Å². The van der Waals surface area contributed by atoms with Crippen molar-refractivity contribution in [2.75, 3.05) is 0 Å². The van der Waals surface area contributed by atoms with Gasteiger partial charge in [0.2, 0.25) is 5.91 Å². The van der Waals surface area contributed by atoms with Crippen LogP contribution < -0.4 is 0 Å². The molecule has 0 spiro atoms. The zero-order valence-electron chi connectivity index (χ0n) is 11.1. The summed E-state index contributed by atoms with van der Waals surface area (Å²) in [4.78, 5) is 22.6. The minimum absolute atomic E-state index is 0.0308. The van der Waals surface area contributed by atoms with Crippen molar-refractivity contribution >= 4 is 22.8 Å². The number of aliphatic carboxylic acids is 1. The van der Waals surface area contributed by atoms with Gasteiger partial charge < -0.3 is 5.11 Å². The van der Waals surface area contributed by atoms with Crippen molar-refractivity contribution in [2.24, 2.45) is 0 Å². The fourth-order valence-electron chi connectivity index (χ4n) is 2.40. The normalized spacial score (nSPS) is 10.8. The van der Waals surface area contributed by atoms with Crippen molar-refractivity contribution in [3.8, 4) is 0 Å². The summed E-state index contributed by atoms with van der Waals surface area (Å²) in [6.45, 7) is 4.01. The number of aromatic nitrogens is 1. The Hall–Kier alpha value is -2.10. The zero-order valence-corrected chi connectivity index (χ0v) is 11.1. The second-order valence-electron chi connectivity index (χ2n) is 4.85. The molecule has 0 saturated heterocycles. The van der Waals surface area contributed by atoms with Gasteiger partial charge >= 0.3 is 5.97 Å². The minimum Gasteiger partial charge on any atom is -0.481 e. The van der Waals surface area contributed by atoms with E-state index < -0.39 is 5.97 Å². The van der Waals surface area contributed by atoms with E-state index in [1.807, 2.05) is 32.0 Å². The van der Waals surface area contributed by atoms with Gasteiger partial charge in [-0.15, -0.1) is 0 Å². The standard InChI is InChI=1S/C15H17NO3/c1-10-8-11(2)15-12(9-10)6-7-16(15)13(17)4-3-5-14(18)19/h6-9H,3-5H2,1-2H3,(H,18,19). The Kier molecular flexibility index (Phi) is 3.69. The highest BCUT2D eigenvalue weighted by Gasteiger charge is 2.11. The summed E-state index contributed by atoms with van der Waals surface area (Å²) in [5.74, 6) is -0.917. The van der Waals surface area contributed by atoms with Crippen LogP contribution >= 0.6 is 0 Å². The highest BCUT2D eigenvalue weighted by molar-refractivity contribution is 5.94. The molecule has 0 fully saturated rings. The molecule has 0 aliphatic carbocycles. The van der Waals surface area contributed by atoms with E-state index in [-0.39, 0.29) is 18.7 Å². The number of carboxylic acid groups (broad SMARTS) is 1. The van der Waals surface area contributed by atoms with Crippen LogP contribution in [0.5, 0.6) is 0 Å². The smallest absolute Gasteiger partial charge is 0.303 e. The largest absolute Gasteiger partial charge is 0.481 e. The van der Waals surface area contributed by atoms with Gasteiger partial charge in [-0.25, -0.2) is 0 Å². The molecule has 19 heavy (non-hydrogen) atoms. The van der Waals surface area contributed by atoms with Gasteiger partial charge in [0.05, 0.1) is 5.52 Å². The summed E-state index contributed by atoms with van der Waals surface area (Å²) in [6.07, 6.45) is 2.42. The molecule has 0 aliphatic heterocycles. The molecule has 0 amide bonds. The topological polar surface area (TPSA) is 59.3 Å². The number of hydrogen-bond acceptors (Lipinski definition) is 2. The first-order chi connectivity index (χ1) is 8.99. The van der Waals surface area contributed by atoms with Crippen LogP contribution in [0.3, 0.4) is 0 Å². The van der Waals surface area contributed by atoms with E-state index in [9.17, 15) is 9.59 Å². The van der Waals surface area contributed by atoms with Crippen LogP contribution in [0.2, 0.25) is 0 Å². The van der Waals surface area contributed by atoms with Crippen LogP contribution in [0.1, 0.15) is 35.2 Å². The van der Waals surface area contributed by atoms with Gasteiger partial charge in [-0.2, -0.15) is 0 Å². The SMILES string of the molecule is Cc1cc(C)c2c(ccn2C(=O)CCCC(=O)O)c1. The molecule has 0 aliphatic rings. The van der Waals surface area contributed by atoms with Gasteiger partial charge in [-0.1, -0.05) is 11.6 Å². The van der Waals surface area contributed by atoms with Crippen molar-refractivity contribution < 1.29 is 14.7 Å². The third-order valence-electron chi connectivity index (χ3n) is 3.17. The highest BCUT2D eigenvalue weighted by atomic mass is 16.4. The monoisotopic (exact) mass is 259 g/mol. The summed E-state index contributed by atoms with van der Waals surface area (Å²) in [5.41, 5.74) is 3.15. The van der Waals surface area contributed by atoms with Crippen molar-refractivity contribution in [3.63, 3.8) is 0 Å². The van der Waals surface area contributed by atoms with Gasteiger partial charge in [-0.05, 0) is 38.0 Å². The number of aryl methyl sites for hydroxylation is 2. The minimum atomic E-state index is -0.864. The molecule has 1 heterocycles. The van der Waals surface area contributed by atoms with E-state index in [4.69, 9.17) is 5.11 Å². The van der Waals surface area contributed by atoms with E-state index in [2.05, 4.69) is 0 Å². The maximum absolute atomic E-state index is 12.1. The molecular weight excluding hydrogens is 242 g/mol. The first kappa shape index (κ1) is 13.3. The third-order valence-corrected chi connectivity index (χ3v) is 3.17. The van der Waals surface area contributed by atoms with Gasteiger partial charge in [0.1, 0.15) is 0 Å². The molecule has 0 radical (unpaired) electrons. The second-order valence-corrected chi connectivity index (χ2v) is 4.85. The number of carboxylic acids is 1. The molecule has 0 unspecified atom stereocenters. The highest BCUT2D eigenvalue weighted by Crippen LogP contribution is 2.22. The van der Waals surface area contributed by atoms with E-state index in [1.54, 1.807) is 10.8 Å². The molecule has 4 nitrogen and oxygen atoms in total. The van der Waals surface area contributed by atoms with E-state index >= 15 is 0 Å². The molecule has 0 bridgehead atoms. The summed E-state index contributed by atoms with van der Waals surface area (Å²) < 4.78 is 1.63.